The minimum Gasteiger partial charge on any atom is -0.377 e. The molecule has 1 heterocycles. The monoisotopic (exact) mass is 200 g/mol. The maximum atomic E-state index is 5.62. The van der Waals surface area contributed by atoms with E-state index in [0.29, 0.717) is 6.10 Å². The highest BCUT2D eigenvalue weighted by Gasteiger charge is 2.23. The van der Waals surface area contributed by atoms with E-state index >= 15 is 0 Å². The molecule has 0 saturated carbocycles. The van der Waals surface area contributed by atoms with Gasteiger partial charge in [-0.25, -0.2) is 0 Å². The van der Waals surface area contributed by atoms with E-state index < -0.39 is 0 Å². The molecule has 1 saturated heterocycles. The molecular formula is C11H24N2O. The Hall–Kier alpha value is -0.120. The molecule has 0 bridgehead atoms. The zero-order valence-electron chi connectivity index (χ0n) is 9.75. The van der Waals surface area contributed by atoms with Crippen LogP contribution >= 0.6 is 0 Å². The van der Waals surface area contributed by atoms with Crippen LogP contribution in [-0.4, -0.2) is 50.8 Å². The topological polar surface area (TPSA) is 24.5 Å². The van der Waals surface area contributed by atoms with E-state index in [1.54, 1.807) is 0 Å². The van der Waals surface area contributed by atoms with Crippen LogP contribution in [0.2, 0.25) is 0 Å². The van der Waals surface area contributed by atoms with E-state index in [4.69, 9.17) is 4.74 Å². The van der Waals surface area contributed by atoms with Gasteiger partial charge < -0.3 is 15.0 Å². The van der Waals surface area contributed by atoms with Crippen LogP contribution in [0, 0.1) is 5.92 Å². The van der Waals surface area contributed by atoms with E-state index in [2.05, 4.69) is 31.1 Å². The summed E-state index contributed by atoms with van der Waals surface area (Å²) in [6, 6.07) is 0. The Kier molecular flexibility index (Phi) is 5.45. The second-order valence-corrected chi connectivity index (χ2v) is 4.28. The highest BCUT2D eigenvalue weighted by molar-refractivity contribution is 4.74. The average molecular weight is 200 g/mol. The Morgan fingerprint density at radius 2 is 2.29 bits per heavy atom. The number of hydrogen-bond acceptors (Lipinski definition) is 3. The molecular weight excluding hydrogens is 176 g/mol. The van der Waals surface area contributed by atoms with Crippen molar-refractivity contribution in [2.75, 3.05) is 39.8 Å². The van der Waals surface area contributed by atoms with Crippen LogP contribution in [0.15, 0.2) is 0 Å². The van der Waals surface area contributed by atoms with Gasteiger partial charge in [0.25, 0.3) is 0 Å². The molecule has 2 atom stereocenters. The summed E-state index contributed by atoms with van der Waals surface area (Å²) >= 11 is 0. The Balaban J connectivity index is 1.98. The van der Waals surface area contributed by atoms with Crippen molar-refractivity contribution < 1.29 is 4.74 Å². The van der Waals surface area contributed by atoms with E-state index in [1.807, 2.05) is 0 Å². The first kappa shape index (κ1) is 12.0. The van der Waals surface area contributed by atoms with Crippen molar-refractivity contribution in [3.8, 4) is 0 Å². The molecule has 0 aliphatic carbocycles. The van der Waals surface area contributed by atoms with Gasteiger partial charge in [-0.3, -0.25) is 0 Å². The zero-order chi connectivity index (χ0) is 10.4. The van der Waals surface area contributed by atoms with Gasteiger partial charge in [0, 0.05) is 26.2 Å². The second kappa shape index (κ2) is 6.38. The lowest BCUT2D eigenvalue weighted by atomic mass is 10.0. The maximum Gasteiger partial charge on any atom is 0.0725 e. The molecule has 1 fully saturated rings. The summed E-state index contributed by atoms with van der Waals surface area (Å²) in [7, 11) is 2.15. The molecule has 14 heavy (non-hydrogen) atoms. The average Bonchev–Trinajstić information content (AvgIpc) is 2.58. The fourth-order valence-corrected chi connectivity index (χ4v) is 1.69. The van der Waals surface area contributed by atoms with Crippen LogP contribution in [0.4, 0.5) is 0 Å². The Morgan fingerprint density at radius 3 is 2.86 bits per heavy atom. The molecule has 1 aliphatic heterocycles. The van der Waals surface area contributed by atoms with Crippen molar-refractivity contribution in [3.05, 3.63) is 0 Å². The normalized spacial score (nSPS) is 27.4. The minimum absolute atomic E-state index is 0.446. The summed E-state index contributed by atoms with van der Waals surface area (Å²) < 4.78 is 5.62. The van der Waals surface area contributed by atoms with Crippen LogP contribution in [0.3, 0.4) is 0 Å². The predicted molar refractivity (Wildman–Crippen MR) is 59.6 cm³/mol. The first-order valence-electron chi connectivity index (χ1n) is 5.75. The van der Waals surface area contributed by atoms with Crippen molar-refractivity contribution in [3.63, 3.8) is 0 Å². The van der Waals surface area contributed by atoms with Crippen LogP contribution in [0.25, 0.3) is 0 Å². The highest BCUT2D eigenvalue weighted by atomic mass is 16.5. The molecule has 0 amide bonds. The fraction of sp³-hybridized carbons (Fsp3) is 1.00. The quantitative estimate of drug-likeness (QED) is 0.646. The Morgan fingerprint density at radius 1 is 1.50 bits per heavy atom. The van der Waals surface area contributed by atoms with Gasteiger partial charge in [0.1, 0.15) is 0 Å². The van der Waals surface area contributed by atoms with Crippen molar-refractivity contribution in [1.29, 1.82) is 0 Å². The van der Waals surface area contributed by atoms with Crippen molar-refractivity contribution in [1.82, 2.24) is 10.2 Å². The second-order valence-electron chi connectivity index (χ2n) is 4.28. The summed E-state index contributed by atoms with van der Waals surface area (Å²) in [5, 5.41) is 3.46. The third-order valence-electron chi connectivity index (χ3n) is 3.10. The minimum atomic E-state index is 0.446. The SMILES string of the molecule is CCN(C)CCNCC1OCCC1C. The molecule has 1 N–H and O–H groups in total. The van der Waals surface area contributed by atoms with Gasteiger partial charge in [0.2, 0.25) is 0 Å². The molecule has 0 spiro atoms. The summed E-state index contributed by atoms with van der Waals surface area (Å²) in [5.74, 6) is 0.728. The molecule has 0 aromatic rings. The summed E-state index contributed by atoms with van der Waals surface area (Å²) in [6.45, 7) is 9.73. The number of rotatable bonds is 6. The number of ether oxygens (including phenoxy) is 1. The van der Waals surface area contributed by atoms with Gasteiger partial charge in [-0.05, 0) is 25.9 Å². The maximum absolute atomic E-state index is 5.62. The molecule has 84 valence electrons. The third kappa shape index (κ3) is 3.95. The smallest absolute Gasteiger partial charge is 0.0725 e. The summed E-state index contributed by atoms with van der Waals surface area (Å²) in [6.07, 6.45) is 1.67. The molecule has 0 aromatic heterocycles. The zero-order valence-corrected chi connectivity index (χ0v) is 9.75. The van der Waals surface area contributed by atoms with Gasteiger partial charge in [-0.1, -0.05) is 13.8 Å². The Labute approximate surface area is 87.8 Å². The molecule has 3 nitrogen and oxygen atoms in total. The van der Waals surface area contributed by atoms with Crippen molar-refractivity contribution in [2.24, 2.45) is 5.92 Å². The first-order valence-corrected chi connectivity index (χ1v) is 5.75. The lowest BCUT2D eigenvalue weighted by molar-refractivity contribution is 0.0930. The molecule has 3 heteroatoms. The molecule has 0 aromatic carbocycles. The number of nitrogens with one attached hydrogen (secondary N) is 1. The number of nitrogens with zero attached hydrogens (tertiary/aromatic N) is 1. The van der Waals surface area contributed by atoms with Gasteiger partial charge in [0.05, 0.1) is 6.10 Å². The molecule has 1 rings (SSSR count). The summed E-state index contributed by atoms with van der Waals surface area (Å²) in [5.41, 5.74) is 0. The number of hydrogen-bond donors (Lipinski definition) is 1. The highest BCUT2D eigenvalue weighted by Crippen LogP contribution is 2.18. The van der Waals surface area contributed by atoms with Gasteiger partial charge in [-0.15, -0.1) is 0 Å². The van der Waals surface area contributed by atoms with Crippen LogP contribution in [-0.2, 0) is 4.74 Å². The van der Waals surface area contributed by atoms with Gasteiger partial charge >= 0.3 is 0 Å². The predicted octanol–water partition coefficient (Wildman–Crippen LogP) is 0.953. The van der Waals surface area contributed by atoms with E-state index in [1.165, 1.54) is 6.42 Å². The lowest BCUT2D eigenvalue weighted by Crippen LogP contribution is -2.35. The first-order chi connectivity index (χ1) is 6.74. The van der Waals surface area contributed by atoms with E-state index in [-0.39, 0.29) is 0 Å². The largest absolute Gasteiger partial charge is 0.377 e. The lowest BCUT2D eigenvalue weighted by Gasteiger charge is -2.17. The Bertz CT molecular complexity index is 152. The fourth-order valence-electron chi connectivity index (χ4n) is 1.69. The van der Waals surface area contributed by atoms with E-state index in [0.717, 1.165) is 38.7 Å². The van der Waals surface area contributed by atoms with Gasteiger partial charge in [0.15, 0.2) is 0 Å². The number of likely N-dealkylation sites (N-methyl/N-ethyl adjacent to an activating group) is 1. The van der Waals surface area contributed by atoms with Crippen LogP contribution < -0.4 is 5.32 Å². The third-order valence-corrected chi connectivity index (χ3v) is 3.10. The molecule has 0 radical (unpaired) electrons. The molecule has 1 aliphatic rings. The molecule has 2 unspecified atom stereocenters. The summed E-state index contributed by atoms with van der Waals surface area (Å²) in [4.78, 5) is 2.31. The van der Waals surface area contributed by atoms with E-state index in [9.17, 15) is 0 Å². The van der Waals surface area contributed by atoms with Crippen molar-refractivity contribution in [2.45, 2.75) is 26.4 Å². The standard InChI is InChI=1S/C11H24N2O/c1-4-13(3)7-6-12-9-11-10(2)5-8-14-11/h10-12H,4-9H2,1-3H3. The van der Waals surface area contributed by atoms with Crippen molar-refractivity contribution >= 4 is 0 Å². The van der Waals surface area contributed by atoms with Gasteiger partial charge in [-0.2, -0.15) is 0 Å². The van der Waals surface area contributed by atoms with Crippen LogP contribution in [0.5, 0.6) is 0 Å². The van der Waals surface area contributed by atoms with Crippen LogP contribution in [0.1, 0.15) is 20.3 Å².